The van der Waals surface area contributed by atoms with Crippen LogP contribution in [0.1, 0.15) is 31.2 Å². The molecule has 1 aromatic rings. The van der Waals surface area contributed by atoms with E-state index < -0.39 is 0 Å². The van der Waals surface area contributed by atoms with E-state index in [1.54, 1.807) is 0 Å². The van der Waals surface area contributed by atoms with Crippen LogP contribution in [-0.4, -0.2) is 50.2 Å². The van der Waals surface area contributed by atoms with E-state index in [-0.39, 0.29) is 17.9 Å². The molecule has 3 aliphatic heterocycles. The zero-order valence-corrected chi connectivity index (χ0v) is 13.1. The number of benzene rings is 1. The maximum Gasteiger partial charge on any atom is 0.183 e. The Morgan fingerprint density at radius 3 is 2.50 bits per heavy atom. The van der Waals surface area contributed by atoms with Crippen molar-refractivity contribution in [2.45, 2.75) is 43.6 Å². The lowest BCUT2D eigenvalue weighted by Crippen LogP contribution is -2.60. The van der Waals surface area contributed by atoms with Crippen molar-refractivity contribution >= 4 is 0 Å². The molecule has 1 aromatic carbocycles. The van der Waals surface area contributed by atoms with Crippen molar-refractivity contribution < 1.29 is 14.2 Å². The molecule has 4 nitrogen and oxygen atoms in total. The van der Waals surface area contributed by atoms with E-state index in [0.717, 1.165) is 19.5 Å². The molecule has 22 heavy (non-hydrogen) atoms. The maximum atomic E-state index is 6.12. The van der Waals surface area contributed by atoms with Crippen LogP contribution >= 0.6 is 0 Å². The highest BCUT2D eigenvalue weighted by Crippen LogP contribution is 2.41. The number of hydrogen-bond donors (Lipinski definition) is 0. The zero-order chi connectivity index (χ0) is 14.8. The third-order valence-electron chi connectivity index (χ3n) is 5.30. The summed E-state index contributed by atoms with van der Waals surface area (Å²) < 4.78 is 17.8. The molecule has 3 saturated heterocycles. The lowest BCUT2D eigenvalue weighted by molar-refractivity contribution is -0.292. The summed E-state index contributed by atoms with van der Waals surface area (Å²) in [5.41, 5.74) is 1.29. The van der Waals surface area contributed by atoms with Gasteiger partial charge in [0.25, 0.3) is 0 Å². The van der Waals surface area contributed by atoms with Crippen molar-refractivity contribution in [1.82, 2.24) is 4.90 Å². The standard InChI is InChI=1S/C18H25NO3/c1-3-7-15(8-4-1)18(19-9-5-2-6-10-19)13-16-17(22-14-18)21-12-11-20-16/h1,3-4,7-8,16-17H,2,5-6,9-14H2/t16-,17+,18+/m0/s1. The summed E-state index contributed by atoms with van der Waals surface area (Å²) in [4.78, 5) is 2.63. The number of nitrogens with zero attached hydrogens (tertiary/aromatic N) is 1. The molecular weight excluding hydrogens is 278 g/mol. The van der Waals surface area contributed by atoms with Gasteiger partial charge in [-0.25, -0.2) is 0 Å². The van der Waals surface area contributed by atoms with Crippen LogP contribution in [0.4, 0.5) is 0 Å². The minimum atomic E-state index is -0.185. The fourth-order valence-corrected chi connectivity index (χ4v) is 4.15. The Hall–Kier alpha value is -0.940. The number of piperidine rings is 1. The van der Waals surface area contributed by atoms with Crippen molar-refractivity contribution in [3.8, 4) is 0 Å². The van der Waals surface area contributed by atoms with Gasteiger partial charge in [0.1, 0.15) is 6.10 Å². The van der Waals surface area contributed by atoms with E-state index in [1.165, 1.54) is 24.8 Å². The number of likely N-dealkylation sites (tertiary alicyclic amines) is 1. The molecule has 0 spiro atoms. The monoisotopic (exact) mass is 303 g/mol. The summed E-state index contributed by atoms with van der Waals surface area (Å²) in [6.45, 7) is 4.31. The van der Waals surface area contributed by atoms with Crippen LogP contribution in [0.5, 0.6) is 0 Å². The Morgan fingerprint density at radius 1 is 0.909 bits per heavy atom. The van der Waals surface area contributed by atoms with Gasteiger partial charge in [0.15, 0.2) is 6.29 Å². The third kappa shape index (κ3) is 2.58. The number of fused-ring (bicyclic) bond motifs is 1. The highest BCUT2D eigenvalue weighted by atomic mass is 16.7. The molecule has 3 aliphatic rings. The lowest BCUT2D eigenvalue weighted by atomic mass is 9.80. The Balaban J connectivity index is 1.66. The van der Waals surface area contributed by atoms with Gasteiger partial charge in [0, 0.05) is 6.42 Å². The van der Waals surface area contributed by atoms with Crippen LogP contribution in [0.3, 0.4) is 0 Å². The Bertz CT molecular complexity index is 488. The van der Waals surface area contributed by atoms with Gasteiger partial charge in [0.05, 0.1) is 25.4 Å². The van der Waals surface area contributed by atoms with E-state index in [9.17, 15) is 0 Å². The van der Waals surface area contributed by atoms with Crippen molar-refractivity contribution in [2.24, 2.45) is 0 Å². The van der Waals surface area contributed by atoms with E-state index in [1.807, 2.05) is 0 Å². The van der Waals surface area contributed by atoms with Crippen molar-refractivity contribution in [3.63, 3.8) is 0 Å². The van der Waals surface area contributed by atoms with E-state index >= 15 is 0 Å². The summed E-state index contributed by atoms with van der Waals surface area (Å²) in [6, 6.07) is 10.8. The highest BCUT2D eigenvalue weighted by molar-refractivity contribution is 5.26. The molecule has 3 atom stereocenters. The largest absolute Gasteiger partial charge is 0.370 e. The second-order valence-electron chi connectivity index (χ2n) is 6.61. The number of ether oxygens (including phenoxy) is 3. The van der Waals surface area contributed by atoms with E-state index in [4.69, 9.17) is 14.2 Å². The van der Waals surface area contributed by atoms with Gasteiger partial charge in [-0.2, -0.15) is 0 Å². The molecule has 0 N–H and O–H groups in total. The topological polar surface area (TPSA) is 30.9 Å². The highest BCUT2D eigenvalue weighted by Gasteiger charge is 2.48. The quantitative estimate of drug-likeness (QED) is 0.840. The third-order valence-corrected chi connectivity index (χ3v) is 5.30. The van der Waals surface area contributed by atoms with Crippen LogP contribution < -0.4 is 0 Å². The molecule has 0 unspecified atom stereocenters. The molecular formula is C18H25NO3. The molecule has 0 bridgehead atoms. The van der Waals surface area contributed by atoms with Gasteiger partial charge in [-0.1, -0.05) is 36.8 Å². The Morgan fingerprint density at radius 2 is 1.68 bits per heavy atom. The average Bonchev–Trinajstić information content (AvgIpc) is 2.63. The Kier molecular flexibility index (Phi) is 4.18. The summed E-state index contributed by atoms with van der Waals surface area (Å²) in [7, 11) is 0. The minimum Gasteiger partial charge on any atom is -0.370 e. The van der Waals surface area contributed by atoms with Crippen molar-refractivity contribution in [2.75, 3.05) is 32.9 Å². The van der Waals surface area contributed by atoms with E-state index in [0.29, 0.717) is 19.8 Å². The molecule has 3 fully saturated rings. The van der Waals surface area contributed by atoms with Gasteiger partial charge in [-0.15, -0.1) is 0 Å². The summed E-state index contributed by atoms with van der Waals surface area (Å²) >= 11 is 0. The number of rotatable bonds is 2. The molecule has 0 aliphatic carbocycles. The van der Waals surface area contributed by atoms with Crippen LogP contribution in [-0.2, 0) is 19.7 Å². The second kappa shape index (κ2) is 6.28. The smallest absolute Gasteiger partial charge is 0.183 e. The first-order valence-electron chi connectivity index (χ1n) is 8.54. The molecule has 0 aromatic heterocycles. The van der Waals surface area contributed by atoms with Crippen LogP contribution in [0.15, 0.2) is 30.3 Å². The first kappa shape index (κ1) is 14.6. The summed E-state index contributed by atoms with van der Waals surface area (Å²) in [6.07, 6.45) is 4.72. The van der Waals surface area contributed by atoms with Crippen LogP contribution in [0, 0.1) is 0 Å². The van der Waals surface area contributed by atoms with Gasteiger partial charge in [-0.3, -0.25) is 4.90 Å². The normalized spacial score (nSPS) is 36.7. The maximum absolute atomic E-state index is 6.12. The molecule has 0 saturated carbocycles. The second-order valence-corrected chi connectivity index (χ2v) is 6.61. The molecule has 0 amide bonds. The molecule has 3 heterocycles. The molecule has 4 rings (SSSR count). The van der Waals surface area contributed by atoms with Crippen LogP contribution in [0.2, 0.25) is 0 Å². The number of hydrogen-bond acceptors (Lipinski definition) is 4. The van der Waals surface area contributed by atoms with Gasteiger partial charge < -0.3 is 14.2 Å². The first-order valence-corrected chi connectivity index (χ1v) is 8.54. The zero-order valence-electron chi connectivity index (χ0n) is 13.1. The summed E-state index contributed by atoms with van der Waals surface area (Å²) in [5, 5.41) is 0. The molecule has 120 valence electrons. The lowest BCUT2D eigenvalue weighted by Gasteiger charge is -2.52. The first-order chi connectivity index (χ1) is 10.9. The predicted molar refractivity (Wildman–Crippen MR) is 83.6 cm³/mol. The summed E-state index contributed by atoms with van der Waals surface area (Å²) in [5.74, 6) is 0. The van der Waals surface area contributed by atoms with Crippen molar-refractivity contribution in [3.05, 3.63) is 35.9 Å². The fraction of sp³-hybridized carbons (Fsp3) is 0.667. The van der Waals surface area contributed by atoms with Crippen LogP contribution in [0.25, 0.3) is 0 Å². The molecule has 0 radical (unpaired) electrons. The molecule has 4 heteroatoms. The average molecular weight is 303 g/mol. The minimum absolute atomic E-state index is 0.0460. The predicted octanol–water partition coefficient (Wildman–Crippen LogP) is 2.53. The van der Waals surface area contributed by atoms with Crippen molar-refractivity contribution in [1.29, 1.82) is 0 Å². The van der Waals surface area contributed by atoms with Gasteiger partial charge in [0.2, 0.25) is 0 Å². The Labute approximate surface area is 132 Å². The van der Waals surface area contributed by atoms with Gasteiger partial charge in [-0.05, 0) is 31.5 Å². The SMILES string of the molecule is c1ccc([C@]2(N3CCCCC3)CO[C@H]3OCCO[C@H]3C2)cc1. The van der Waals surface area contributed by atoms with E-state index in [2.05, 4.69) is 35.2 Å². The fourth-order valence-electron chi connectivity index (χ4n) is 4.15. The van der Waals surface area contributed by atoms with Gasteiger partial charge >= 0.3 is 0 Å².